The number of hydrogen-bond acceptors (Lipinski definition) is 8. The van der Waals surface area contributed by atoms with Gasteiger partial charge in [-0.2, -0.15) is 18.6 Å². The van der Waals surface area contributed by atoms with Crippen LogP contribution in [0.15, 0.2) is 112 Å². The Hall–Kier alpha value is -5.20. The molecule has 1 unspecified atom stereocenters. The van der Waals surface area contributed by atoms with Gasteiger partial charge in [0.05, 0.1) is 16.8 Å². The first-order valence-electron chi connectivity index (χ1n) is 17.3. The number of benzene rings is 4. The van der Waals surface area contributed by atoms with Crippen molar-refractivity contribution in [2.45, 2.75) is 63.7 Å². The van der Waals surface area contributed by atoms with E-state index in [1.807, 2.05) is 50.2 Å². The van der Waals surface area contributed by atoms with E-state index in [9.17, 15) is 22.9 Å². The predicted octanol–water partition coefficient (Wildman–Crippen LogP) is 8.13. The summed E-state index contributed by atoms with van der Waals surface area (Å²) in [5.74, 6) is -0.908. The number of anilines is 2. The fraction of sp³-hybridized carbons (Fsp3) is 0.308. The van der Waals surface area contributed by atoms with Gasteiger partial charge >= 0.3 is 5.97 Å². The molecule has 0 amide bonds. The first kappa shape index (κ1) is 35.6. The molecule has 1 aromatic heterocycles. The van der Waals surface area contributed by atoms with E-state index in [2.05, 4.69) is 68.8 Å². The van der Waals surface area contributed by atoms with Gasteiger partial charge < -0.3 is 14.9 Å². The van der Waals surface area contributed by atoms with Crippen molar-refractivity contribution in [1.29, 1.82) is 0 Å². The molecule has 0 saturated heterocycles. The highest BCUT2D eigenvalue weighted by molar-refractivity contribution is 7.85. The molecule has 5 aromatic rings. The summed E-state index contributed by atoms with van der Waals surface area (Å²) in [6, 6.07) is 26.9. The maximum absolute atomic E-state index is 12.1. The molecule has 11 nitrogen and oxygen atoms in total. The Morgan fingerprint density at radius 3 is 2.33 bits per heavy atom. The van der Waals surface area contributed by atoms with Gasteiger partial charge in [0.25, 0.3) is 10.1 Å². The Bertz CT molecular complexity index is 2270. The first-order chi connectivity index (χ1) is 24.5. The lowest BCUT2D eigenvalue weighted by atomic mass is 9.77. The summed E-state index contributed by atoms with van der Waals surface area (Å²) in [5.41, 5.74) is 7.70. The van der Waals surface area contributed by atoms with Crippen LogP contribution >= 0.6 is 0 Å². The van der Waals surface area contributed by atoms with Gasteiger partial charge in [0.1, 0.15) is 11.0 Å². The number of carboxylic acid groups (broad SMARTS) is 1. The van der Waals surface area contributed by atoms with Gasteiger partial charge in [-0.05, 0) is 88.1 Å². The number of azo groups is 1. The molecule has 1 atom stereocenters. The molecule has 0 bridgehead atoms. The lowest BCUT2D eigenvalue weighted by molar-refractivity contribution is -0.538. The van der Waals surface area contributed by atoms with Crippen LogP contribution in [0.3, 0.4) is 0 Å². The van der Waals surface area contributed by atoms with Crippen molar-refractivity contribution in [3.63, 3.8) is 0 Å². The minimum atomic E-state index is -4.46. The summed E-state index contributed by atoms with van der Waals surface area (Å²) < 4.78 is 36.3. The van der Waals surface area contributed by atoms with Gasteiger partial charge in [0.15, 0.2) is 0 Å². The molecular formula is C39H43N6O5S+. The van der Waals surface area contributed by atoms with E-state index in [4.69, 9.17) is 4.98 Å². The van der Waals surface area contributed by atoms with Crippen LogP contribution in [-0.2, 0) is 20.3 Å². The quantitative estimate of drug-likeness (QED) is 0.0541. The molecule has 0 spiro atoms. The summed E-state index contributed by atoms with van der Waals surface area (Å²) in [4.78, 5) is 20.6. The Labute approximate surface area is 298 Å². The summed E-state index contributed by atoms with van der Waals surface area (Å²) in [6.45, 7) is 10.7. The molecule has 0 aliphatic carbocycles. The second kappa shape index (κ2) is 14.6. The zero-order chi connectivity index (χ0) is 36.3. The number of hydrogen-bond donors (Lipinski definition) is 2. The minimum absolute atomic E-state index is 0.0386. The Kier molecular flexibility index (Phi) is 10.2. The minimum Gasteiger partial charge on any atom is -0.481 e. The summed E-state index contributed by atoms with van der Waals surface area (Å²) in [5, 5.41) is 18.6. The molecule has 0 fully saturated rings. The third kappa shape index (κ3) is 7.06. The Balaban J connectivity index is 1.47. The van der Waals surface area contributed by atoms with Crippen LogP contribution in [0.1, 0.15) is 58.9 Å². The van der Waals surface area contributed by atoms with Gasteiger partial charge in [0.2, 0.25) is 16.7 Å². The van der Waals surface area contributed by atoms with Crippen LogP contribution in [0.25, 0.3) is 27.8 Å². The highest BCUT2D eigenvalue weighted by Gasteiger charge is 2.44. The monoisotopic (exact) mass is 707 g/mol. The van der Waals surface area contributed by atoms with Gasteiger partial charge in [-0.1, -0.05) is 25.1 Å². The molecular weight excluding hydrogens is 665 g/mol. The Morgan fingerprint density at radius 2 is 1.67 bits per heavy atom. The largest absolute Gasteiger partial charge is 0.481 e. The molecule has 51 heavy (non-hydrogen) atoms. The normalized spacial score (nSPS) is 16.8. The Morgan fingerprint density at radius 1 is 0.961 bits per heavy atom. The van der Waals surface area contributed by atoms with Gasteiger partial charge in [0, 0.05) is 72.8 Å². The predicted molar refractivity (Wildman–Crippen MR) is 200 cm³/mol. The van der Waals surface area contributed by atoms with Crippen molar-refractivity contribution < 1.29 is 27.4 Å². The molecule has 2 N–H and O–H groups in total. The van der Waals surface area contributed by atoms with Crippen molar-refractivity contribution in [1.82, 2.24) is 4.98 Å². The second-order valence-corrected chi connectivity index (χ2v) is 14.3. The molecule has 4 aromatic carbocycles. The van der Waals surface area contributed by atoms with Crippen LogP contribution < -0.4 is 14.4 Å². The van der Waals surface area contributed by atoms with E-state index in [-0.39, 0.29) is 11.3 Å². The number of fused-ring (bicyclic) bond motifs is 3. The molecule has 1 aliphatic heterocycles. The molecule has 1 aliphatic rings. The summed E-state index contributed by atoms with van der Waals surface area (Å²) >= 11 is 0. The van der Waals surface area contributed by atoms with Gasteiger partial charge in [-0.3, -0.25) is 9.35 Å². The van der Waals surface area contributed by atoms with E-state index in [1.165, 1.54) is 12.1 Å². The third-order valence-electron chi connectivity index (χ3n) is 9.66. The topological polar surface area (TPSA) is 140 Å². The van der Waals surface area contributed by atoms with Crippen LogP contribution in [0.4, 0.5) is 17.1 Å². The van der Waals surface area contributed by atoms with Crippen LogP contribution in [0.2, 0.25) is 0 Å². The van der Waals surface area contributed by atoms with Crippen molar-refractivity contribution in [2.24, 2.45) is 10.2 Å². The van der Waals surface area contributed by atoms with Crippen molar-refractivity contribution >= 4 is 55.2 Å². The smallest absolute Gasteiger partial charge is 0.303 e. The number of para-hydroxylation sites is 1. The second-order valence-electron chi connectivity index (χ2n) is 12.9. The molecule has 264 valence electrons. The van der Waals surface area contributed by atoms with E-state index in [0.29, 0.717) is 30.6 Å². The zero-order valence-corrected chi connectivity index (χ0v) is 30.1. The molecule has 0 radical (unpaired) electrons. The standard InChI is InChI=1S/C39H42N6O5S/c1-5-22-44-34-20-17-30(51(48,49)50)25-31(34)39(4,21-11-14-38(46)47)37(44)26-40-42-27-15-18-32-35(23-27)45(28-12-9-8-10-13-28)36-24-29(43(6-2)7-3)16-19-33(36)41-32/h8-10,12-13,15-20,23-26H,5-7,11,14,21-22H2,1-4H3,(H-,46,47,48,49,50)/p+1. The van der Waals surface area contributed by atoms with E-state index in [0.717, 1.165) is 64.3 Å². The van der Waals surface area contributed by atoms with E-state index >= 15 is 0 Å². The lowest BCUT2D eigenvalue weighted by Gasteiger charge is -2.29. The number of carbonyl (C=O) groups is 1. The van der Waals surface area contributed by atoms with Gasteiger partial charge in [-0.15, -0.1) is 4.57 Å². The SMILES string of the molecule is CCCN1/C(=C/N=Nc2ccc3nc4ccc(N(CC)CC)cc4[n+](-c4ccccc4)c3c2)C(C)(CCCC(=O)O)c2cc(S(=O)(=O)O)ccc21. The lowest BCUT2D eigenvalue weighted by Crippen LogP contribution is -2.33. The van der Waals surface area contributed by atoms with Crippen LogP contribution in [0.5, 0.6) is 0 Å². The molecule has 6 rings (SSSR count). The average molecular weight is 708 g/mol. The fourth-order valence-corrected chi connectivity index (χ4v) is 7.64. The zero-order valence-electron chi connectivity index (χ0n) is 29.3. The summed E-state index contributed by atoms with van der Waals surface area (Å²) in [7, 11) is -4.46. The van der Waals surface area contributed by atoms with Crippen LogP contribution in [0, 0.1) is 0 Å². The van der Waals surface area contributed by atoms with E-state index < -0.39 is 21.5 Å². The number of allylic oxidation sites excluding steroid dienone is 1. The number of carboxylic acids is 1. The maximum Gasteiger partial charge on any atom is 0.303 e. The van der Waals surface area contributed by atoms with Crippen molar-refractivity contribution in [3.05, 3.63) is 102 Å². The van der Waals surface area contributed by atoms with Crippen molar-refractivity contribution in [3.8, 4) is 5.69 Å². The number of aromatic nitrogens is 2. The number of aliphatic carboxylic acids is 1. The first-order valence-corrected chi connectivity index (χ1v) is 18.7. The maximum atomic E-state index is 12.1. The van der Waals surface area contributed by atoms with E-state index in [1.54, 1.807) is 12.3 Å². The highest BCUT2D eigenvalue weighted by Crippen LogP contribution is 2.51. The summed E-state index contributed by atoms with van der Waals surface area (Å²) in [6.07, 6.45) is 3.22. The van der Waals surface area contributed by atoms with Crippen molar-refractivity contribution in [2.75, 3.05) is 29.4 Å². The average Bonchev–Trinajstić information content (AvgIpc) is 3.33. The number of nitrogens with zero attached hydrogens (tertiary/aromatic N) is 6. The van der Waals surface area contributed by atoms with Gasteiger partial charge in [-0.25, -0.2) is 4.98 Å². The van der Waals surface area contributed by atoms with Crippen LogP contribution in [-0.4, -0.2) is 48.7 Å². The third-order valence-corrected chi connectivity index (χ3v) is 10.5. The molecule has 2 heterocycles. The molecule has 12 heteroatoms. The molecule has 0 saturated carbocycles. The highest BCUT2D eigenvalue weighted by atomic mass is 32.2. The number of rotatable bonds is 13. The fourth-order valence-electron chi connectivity index (χ4n) is 7.13.